The lowest BCUT2D eigenvalue weighted by molar-refractivity contribution is 0.0950. The van der Waals surface area contributed by atoms with Crippen molar-refractivity contribution in [1.82, 2.24) is 30.3 Å². The van der Waals surface area contributed by atoms with Crippen molar-refractivity contribution in [3.63, 3.8) is 0 Å². The van der Waals surface area contributed by atoms with Gasteiger partial charge >= 0.3 is 0 Å². The van der Waals surface area contributed by atoms with Crippen LogP contribution in [0.4, 0.5) is 4.39 Å². The average Bonchev–Trinajstić information content (AvgIpc) is 3.43. The lowest BCUT2D eigenvalue weighted by atomic mass is 10.2. The number of thioether (sulfide) groups is 1. The Balaban J connectivity index is 1.21. The second kappa shape index (κ2) is 9.80. The Hall–Kier alpha value is -3.11. The van der Waals surface area contributed by atoms with Crippen LogP contribution in [0.2, 0.25) is 0 Å². The number of rotatable bonds is 9. The Morgan fingerprint density at radius 2 is 1.82 bits per heavy atom. The molecule has 2 aromatic carbocycles. The molecule has 10 heteroatoms. The fourth-order valence-electron chi connectivity index (χ4n) is 3.36. The third-order valence-electron chi connectivity index (χ3n) is 5.22. The smallest absolute Gasteiger partial charge is 0.282 e. The zero-order valence-corrected chi connectivity index (χ0v) is 19.3. The number of amides is 1. The number of carbonyl (C=O) groups is 1. The van der Waals surface area contributed by atoms with Gasteiger partial charge in [-0.3, -0.25) is 4.79 Å². The molecule has 0 atom stereocenters. The summed E-state index contributed by atoms with van der Waals surface area (Å²) in [4.78, 5) is 12.4. The minimum Gasteiger partial charge on any atom is -0.346 e. The molecule has 1 saturated carbocycles. The van der Waals surface area contributed by atoms with Crippen LogP contribution in [0.25, 0.3) is 0 Å². The Labute approximate surface area is 198 Å². The molecule has 0 spiro atoms. The highest BCUT2D eigenvalue weighted by atomic mass is 32.2. The monoisotopic (exact) mass is 480 g/mol. The van der Waals surface area contributed by atoms with Gasteiger partial charge in [0.1, 0.15) is 16.6 Å². The number of hydrogen-bond donors (Lipinski definition) is 1. The van der Waals surface area contributed by atoms with E-state index in [-0.39, 0.29) is 11.7 Å². The molecule has 1 aliphatic carbocycles. The normalized spacial score (nSPS) is 13.2. The molecule has 1 fully saturated rings. The van der Waals surface area contributed by atoms with Crippen molar-refractivity contribution in [3.8, 4) is 0 Å². The summed E-state index contributed by atoms with van der Waals surface area (Å²) in [7, 11) is 0. The third kappa shape index (κ3) is 5.45. The Morgan fingerprint density at radius 3 is 2.58 bits per heavy atom. The molecule has 0 saturated heterocycles. The molecule has 0 unspecified atom stereocenters. The van der Waals surface area contributed by atoms with E-state index in [1.54, 1.807) is 23.9 Å². The summed E-state index contributed by atoms with van der Waals surface area (Å²) in [6, 6.07) is 16.3. The van der Waals surface area contributed by atoms with E-state index >= 15 is 0 Å². The first-order chi connectivity index (χ1) is 16.2. The van der Waals surface area contributed by atoms with Gasteiger partial charge in [-0.1, -0.05) is 65.6 Å². The molecular formula is C23H21FN6OS2. The molecule has 33 heavy (non-hydrogen) atoms. The Bertz CT molecular complexity index is 1240. The highest BCUT2D eigenvalue weighted by Gasteiger charge is 2.30. The number of aromatic nitrogens is 5. The first-order valence-corrected chi connectivity index (χ1v) is 12.4. The van der Waals surface area contributed by atoms with Gasteiger partial charge in [0, 0.05) is 12.5 Å². The molecule has 7 nitrogen and oxygen atoms in total. The van der Waals surface area contributed by atoms with Gasteiger partial charge in [-0.2, -0.15) is 0 Å². The molecule has 2 heterocycles. The maximum Gasteiger partial charge on any atom is 0.282 e. The van der Waals surface area contributed by atoms with Gasteiger partial charge in [0.05, 0.1) is 12.3 Å². The highest BCUT2D eigenvalue weighted by molar-refractivity contribution is 7.98. The van der Waals surface area contributed by atoms with Crippen LogP contribution in [0.5, 0.6) is 0 Å². The number of carbonyl (C=O) groups excluding carboxylic acids is 1. The highest BCUT2D eigenvalue weighted by Crippen LogP contribution is 2.40. The van der Waals surface area contributed by atoms with E-state index in [9.17, 15) is 9.18 Å². The molecular weight excluding hydrogens is 459 g/mol. The lowest BCUT2D eigenvalue weighted by Gasteiger charge is -2.09. The molecule has 0 aliphatic heterocycles. The number of hydrogen-bond acceptors (Lipinski definition) is 7. The number of nitrogens with one attached hydrogen (secondary N) is 1. The third-order valence-corrected chi connectivity index (χ3v) is 7.31. The van der Waals surface area contributed by atoms with E-state index < -0.39 is 0 Å². The van der Waals surface area contributed by atoms with Gasteiger partial charge in [-0.15, -0.1) is 20.4 Å². The van der Waals surface area contributed by atoms with Crippen LogP contribution in [0.1, 0.15) is 50.5 Å². The van der Waals surface area contributed by atoms with E-state index in [4.69, 9.17) is 0 Å². The number of benzene rings is 2. The van der Waals surface area contributed by atoms with Gasteiger partial charge in [0.2, 0.25) is 5.01 Å². The first-order valence-electron chi connectivity index (χ1n) is 10.6. The second-order valence-corrected chi connectivity index (χ2v) is 9.79. The van der Waals surface area contributed by atoms with Gasteiger partial charge in [-0.25, -0.2) is 4.39 Å². The van der Waals surface area contributed by atoms with E-state index in [1.165, 1.54) is 29.0 Å². The maximum atomic E-state index is 13.0. The van der Waals surface area contributed by atoms with Crippen LogP contribution in [-0.2, 0) is 18.8 Å². The van der Waals surface area contributed by atoms with Crippen molar-refractivity contribution in [2.45, 2.75) is 42.8 Å². The minimum atomic E-state index is -0.305. The van der Waals surface area contributed by atoms with E-state index in [2.05, 4.69) is 42.4 Å². The van der Waals surface area contributed by atoms with E-state index in [1.807, 2.05) is 18.2 Å². The van der Waals surface area contributed by atoms with Gasteiger partial charge < -0.3 is 9.88 Å². The lowest BCUT2D eigenvalue weighted by Crippen LogP contribution is -2.22. The average molecular weight is 481 g/mol. The molecule has 1 aliphatic rings. The summed E-state index contributed by atoms with van der Waals surface area (Å²) in [5, 5.41) is 21.8. The summed E-state index contributed by atoms with van der Waals surface area (Å²) in [6.45, 7) is 1.03. The SMILES string of the molecule is O=C(NCc1ccc(F)cc1)c1nnc(CSc2nnc(C3CC3)n2Cc2ccccc2)s1. The number of halogens is 1. The quantitative estimate of drug-likeness (QED) is 0.357. The summed E-state index contributed by atoms with van der Waals surface area (Å²) in [5.41, 5.74) is 2.02. The topological polar surface area (TPSA) is 85.6 Å². The fraction of sp³-hybridized carbons (Fsp3) is 0.261. The zero-order chi connectivity index (χ0) is 22.6. The van der Waals surface area contributed by atoms with Crippen LogP contribution in [0.3, 0.4) is 0 Å². The molecule has 0 radical (unpaired) electrons. The van der Waals surface area contributed by atoms with Gasteiger partial charge in [-0.05, 0) is 36.1 Å². The Kier molecular flexibility index (Phi) is 6.45. The summed E-state index contributed by atoms with van der Waals surface area (Å²) >= 11 is 2.81. The predicted octanol–water partition coefficient (Wildman–Crippen LogP) is 4.42. The molecule has 1 N–H and O–H groups in total. The van der Waals surface area contributed by atoms with Crippen molar-refractivity contribution >= 4 is 29.0 Å². The largest absolute Gasteiger partial charge is 0.346 e. The molecule has 5 rings (SSSR count). The van der Waals surface area contributed by atoms with Crippen molar-refractivity contribution in [1.29, 1.82) is 0 Å². The minimum absolute atomic E-state index is 0.295. The van der Waals surface area contributed by atoms with Crippen molar-refractivity contribution in [2.24, 2.45) is 0 Å². The maximum absolute atomic E-state index is 13.0. The molecule has 1 amide bonds. The van der Waals surface area contributed by atoms with Crippen molar-refractivity contribution < 1.29 is 9.18 Å². The van der Waals surface area contributed by atoms with Crippen LogP contribution in [0.15, 0.2) is 59.8 Å². The van der Waals surface area contributed by atoms with Crippen LogP contribution in [-0.4, -0.2) is 30.9 Å². The summed E-state index contributed by atoms with van der Waals surface area (Å²) in [5.74, 6) is 1.49. The molecule has 2 aromatic heterocycles. The fourth-order valence-corrected chi connectivity index (χ4v) is 5.04. The van der Waals surface area contributed by atoms with Crippen LogP contribution < -0.4 is 5.32 Å². The van der Waals surface area contributed by atoms with Crippen LogP contribution >= 0.6 is 23.1 Å². The molecule has 0 bridgehead atoms. The van der Waals surface area contributed by atoms with Crippen LogP contribution in [0, 0.1) is 5.82 Å². The second-order valence-electron chi connectivity index (χ2n) is 7.79. The van der Waals surface area contributed by atoms with Crippen molar-refractivity contribution in [2.75, 3.05) is 0 Å². The van der Waals surface area contributed by atoms with Crippen molar-refractivity contribution in [3.05, 3.63) is 87.4 Å². The summed E-state index contributed by atoms with van der Waals surface area (Å²) in [6.07, 6.45) is 2.31. The Morgan fingerprint density at radius 1 is 1.03 bits per heavy atom. The molecule has 168 valence electrons. The zero-order valence-electron chi connectivity index (χ0n) is 17.6. The first kappa shape index (κ1) is 21.7. The van der Waals surface area contributed by atoms with Gasteiger partial charge in [0.25, 0.3) is 5.91 Å². The predicted molar refractivity (Wildman–Crippen MR) is 125 cm³/mol. The van der Waals surface area contributed by atoms with E-state index in [0.717, 1.165) is 40.9 Å². The molecule has 4 aromatic rings. The van der Waals surface area contributed by atoms with E-state index in [0.29, 0.717) is 23.2 Å². The summed E-state index contributed by atoms with van der Waals surface area (Å²) < 4.78 is 15.2. The standard InChI is InChI=1S/C23H21FN6OS2/c24-18-10-6-15(7-11-18)12-25-21(31)22-28-26-19(33-22)14-32-23-29-27-20(17-8-9-17)30(23)13-16-4-2-1-3-5-16/h1-7,10-11,17H,8-9,12-14H2,(H,25,31). The number of nitrogens with zero attached hydrogens (tertiary/aromatic N) is 5. The van der Waals surface area contributed by atoms with Gasteiger partial charge in [0.15, 0.2) is 5.16 Å².